The van der Waals surface area contributed by atoms with Crippen LogP contribution < -0.4 is 25.6 Å². The number of rotatable bonds is 10. The van der Waals surface area contributed by atoms with Gasteiger partial charge in [0.25, 0.3) is 0 Å². The van der Waals surface area contributed by atoms with E-state index in [9.17, 15) is 4.57 Å². The normalized spacial score (nSPS) is 16.7. The van der Waals surface area contributed by atoms with E-state index in [1.54, 1.807) is 32.8 Å². The molecule has 2 aliphatic rings. The summed E-state index contributed by atoms with van der Waals surface area (Å²) in [6.45, 7) is 12.5. The van der Waals surface area contributed by atoms with Crippen molar-refractivity contribution in [2.24, 2.45) is 7.05 Å². The number of ether oxygens (including phenoxy) is 1. The zero-order valence-electron chi connectivity index (χ0n) is 28.8. The van der Waals surface area contributed by atoms with E-state index >= 15 is 0 Å². The van der Waals surface area contributed by atoms with Crippen LogP contribution in [0.5, 0.6) is 5.75 Å². The number of halogens is 1. The molecule has 0 amide bonds. The molecule has 4 heterocycles. The lowest BCUT2D eigenvalue weighted by atomic mass is 9.99. The molecule has 2 N–H and O–H groups in total. The summed E-state index contributed by atoms with van der Waals surface area (Å²) in [7, 11) is 3.20. The summed E-state index contributed by atoms with van der Waals surface area (Å²) >= 11 is 3.61. The summed E-state index contributed by atoms with van der Waals surface area (Å²) < 4.78 is 22.0. The number of piperidine rings is 1. The van der Waals surface area contributed by atoms with Crippen molar-refractivity contribution in [3.63, 3.8) is 0 Å². The number of piperazine rings is 1. The van der Waals surface area contributed by atoms with E-state index in [4.69, 9.17) is 9.72 Å². The molecule has 48 heavy (non-hydrogen) atoms. The van der Waals surface area contributed by atoms with Crippen molar-refractivity contribution in [1.29, 1.82) is 0 Å². The summed E-state index contributed by atoms with van der Waals surface area (Å²) in [4.78, 5) is 21.5. The van der Waals surface area contributed by atoms with Crippen LogP contribution in [0, 0.1) is 0 Å². The molecule has 2 aromatic heterocycles. The van der Waals surface area contributed by atoms with Gasteiger partial charge in [0.2, 0.25) is 5.95 Å². The number of methoxy groups -OCH3 is 1. The van der Waals surface area contributed by atoms with Crippen molar-refractivity contribution >= 4 is 57.2 Å². The molecule has 0 unspecified atom stereocenters. The zero-order valence-corrected chi connectivity index (χ0v) is 31.3. The third-order valence-corrected chi connectivity index (χ3v) is 11.7. The van der Waals surface area contributed by atoms with Gasteiger partial charge in [-0.3, -0.25) is 4.90 Å². The van der Waals surface area contributed by atoms with Crippen molar-refractivity contribution in [1.82, 2.24) is 29.3 Å². The molecule has 11 nitrogen and oxygen atoms in total. The van der Waals surface area contributed by atoms with E-state index in [0.29, 0.717) is 22.3 Å². The minimum atomic E-state index is -2.67. The van der Waals surface area contributed by atoms with Gasteiger partial charge in [0.05, 0.1) is 23.0 Å². The van der Waals surface area contributed by atoms with Crippen LogP contribution in [0.1, 0.15) is 25.3 Å². The first-order chi connectivity index (χ1) is 23.0. The lowest BCUT2D eigenvalue weighted by Crippen LogP contribution is -2.52. The SMILES string of the molecule is CCc1cc(Nc2ncc(Br)c(Nc3ccc(-c4nccn4C)cc3P(C)(C)=O)n2)c(OC)cc1N1CCC(N2CCN(C)CC2)CC1. The first kappa shape index (κ1) is 34.4. The summed E-state index contributed by atoms with van der Waals surface area (Å²) in [6, 6.07) is 10.8. The second kappa shape index (κ2) is 14.6. The topological polar surface area (TPSA) is 104 Å². The fraction of sp³-hybridized carbons (Fsp3) is 0.457. The van der Waals surface area contributed by atoms with Gasteiger partial charge >= 0.3 is 0 Å². The maximum atomic E-state index is 13.5. The Bertz CT molecular complexity index is 1790. The van der Waals surface area contributed by atoms with Crippen LogP contribution in [0.15, 0.2) is 53.4 Å². The second-order valence-corrected chi connectivity index (χ2v) is 17.2. The highest BCUT2D eigenvalue weighted by atomic mass is 79.9. The van der Waals surface area contributed by atoms with Crippen LogP contribution in [-0.2, 0) is 18.0 Å². The van der Waals surface area contributed by atoms with Gasteiger partial charge in [-0.2, -0.15) is 4.98 Å². The molecule has 0 aliphatic carbocycles. The number of benzene rings is 2. The van der Waals surface area contributed by atoms with Gasteiger partial charge in [-0.15, -0.1) is 0 Å². The number of anilines is 5. The fourth-order valence-electron chi connectivity index (χ4n) is 6.75. The van der Waals surface area contributed by atoms with E-state index in [-0.39, 0.29) is 0 Å². The summed E-state index contributed by atoms with van der Waals surface area (Å²) in [5.74, 6) is 2.53. The highest BCUT2D eigenvalue weighted by Gasteiger charge is 2.28. The van der Waals surface area contributed by atoms with Crippen LogP contribution in [0.4, 0.5) is 28.8 Å². The molecule has 0 atom stereocenters. The highest BCUT2D eigenvalue weighted by molar-refractivity contribution is 9.10. The highest BCUT2D eigenvalue weighted by Crippen LogP contribution is 2.41. The van der Waals surface area contributed by atoms with E-state index in [0.717, 1.165) is 66.4 Å². The summed E-state index contributed by atoms with van der Waals surface area (Å²) in [5.41, 5.74) is 4.92. The Morgan fingerprint density at radius 1 is 0.979 bits per heavy atom. The molecule has 0 bridgehead atoms. The Hall–Kier alpha value is -3.44. The monoisotopic (exact) mass is 735 g/mol. The number of likely N-dealkylation sites (N-methyl/N-ethyl adjacent to an activating group) is 1. The number of aromatic nitrogens is 4. The van der Waals surface area contributed by atoms with Gasteiger partial charge in [0.15, 0.2) is 0 Å². The van der Waals surface area contributed by atoms with Crippen LogP contribution >= 0.6 is 23.1 Å². The lowest BCUT2D eigenvalue weighted by molar-refractivity contribution is 0.0982. The second-order valence-electron chi connectivity index (χ2n) is 13.2. The maximum absolute atomic E-state index is 13.5. The molecule has 2 fully saturated rings. The lowest BCUT2D eigenvalue weighted by Gasteiger charge is -2.43. The number of nitrogens with one attached hydrogen (secondary N) is 2. The number of hydrogen-bond acceptors (Lipinski definition) is 10. The minimum absolute atomic E-state index is 0.421. The third-order valence-electron chi connectivity index (χ3n) is 9.54. The molecule has 256 valence electrons. The molecule has 0 radical (unpaired) electrons. The van der Waals surface area contributed by atoms with Crippen molar-refractivity contribution in [2.45, 2.75) is 32.2 Å². The number of hydrogen-bond donors (Lipinski definition) is 2. The molecule has 0 spiro atoms. The number of imidazole rings is 1. The van der Waals surface area contributed by atoms with Gasteiger partial charge in [-0.25, -0.2) is 9.97 Å². The third kappa shape index (κ3) is 7.57. The van der Waals surface area contributed by atoms with Crippen LogP contribution in [0.3, 0.4) is 0 Å². The molecule has 2 saturated heterocycles. The van der Waals surface area contributed by atoms with Gasteiger partial charge in [-0.05, 0) is 85.4 Å². The summed E-state index contributed by atoms with van der Waals surface area (Å²) in [5, 5.41) is 7.55. The van der Waals surface area contributed by atoms with Crippen molar-refractivity contribution in [3.8, 4) is 17.1 Å². The molecule has 0 saturated carbocycles. The van der Waals surface area contributed by atoms with Gasteiger partial charge in [-0.1, -0.05) is 6.92 Å². The first-order valence-corrected chi connectivity index (χ1v) is 20.1. The molecule has 4 aromatic rings. The van der Waals surface area contributed by atoms with E-state index in [1.807, 2.05) is 36.0 Å². The average Bonchev–Trinajstić information content (AvgIpc) is 3.51. The number of aryl methyl sites for hydroxylation is 2. The summed E-state index contributed by atoms with van der Waals surface area (Å²) in [6.07, 6.45) is 8.62. The number of nitrogens with zero attached hydrogens (tertiary/aromatic N) is 7. The van der Waals surface area contributed by atoms with Gasteiger partial charge in [0.1, 0.15) is 24.5 Å². The van der Waals surface area contributed by atoms with E-state index in [2.05, 4.69) is 77.3 Å². The minimum Gasteiger partial charge on any atom is -0.494 e. The van der Waals surface area contributed by atoms with Crippen molar-refractivity contribution in [3.05, 3.63) is 59.0 Å². The van der Waals surface area contributed by atoms with E-state index in [1.165, 1.54) is 37.2 Å². The van der Waals surface area contributed by atoms with Crippen LogP contribution in [-0.4, -0.2) is 102 Å². The molecule has 13 heteroatoms. The predicted molar refractivity (Wildman–Crippen MR) is 201 cm³/mol. The predicted octanol–water partition coefficient (Wildman–Crippen LogP) is 6.16. The van der Waals surface area contributed by atoms with Crippen LogP contribution in [0.25, 0.3) is 11.4 Å². The average molecular weight is 737 g/mol. The molecule has 2 aliphatic heterocycles. The Morgan fingerprint density at radius 2 is 1.73 bits per heavy atom. The van der Waals surface area contributed by atoms with Crippen LogP contribution in [0.2, 0.25) is 0 Å². The quantitative estimate of drug-likeness (QED) is 0.184. The first-order valence-electron chi connectivity index (χ1n) is 16.7. The molecule has 2 aromatic carbocycles. The van der Waals surface area contributed by atoms with E-state index < -0.39 is 7.14 Å². The Morgan fingerprint density at radius 3 is 2.38 bits per heavy atom. The maximum Gasteiger partial charge on any atom is 0.229 e. The van der Waals surface area contributed by atoms with Crippen molar-refractivity contribution in [2.75, 3.05) is 82.3 Å². The van der Waals surface area contributed by atoms with Gasteiger partial charge in [0, 0.05) is 93.6 Å². The Balaban J connectivity index is 1.21. The zero-order chi connectivity index (χ0) is 34.0. The van der Waals surface area contributed by atoms with Crippen molar-refractivity contribution < 1.29 is 9.30 Å². The van der Waals surface area contributed by atoms with Gasteiger partial charge < -0.3 is 34.3 Å². The standard InChI is InChI=1S/C35H47BrN9O2P/c1-7-24-20-29(31(47-4)22-30(24)45-13-10-26(11-14-45)44-18-16-42(2)17-19-44)40-35-38-23-27(36)33(41-35)39-28-9-8-25(21-32(28)48(5,6)46)34-37-12-15-43(34)3/h8-9,12,15,20-23,26H,7,10-11,13-14,16-19H2,1-6H3,(H2,38,39,40,41). The Kier molecular flexibility index (Phi) is 10.5. The fourth-order valence-corrected chi connectivity index (χ4v) is 8.20. The Labute approximate surface area is 292 Å². The molecule has 6 rings (SSSR count). The molecular formula is C35H47BrN9O2P. The molecular weight excluding hydrogens is 689 g/mol. The largest absolute Gasteiger partial charge is 0.494 e. The smallest absolute Gasteiger partial charge is 0.229 e.